The lowest BCUT2D eigenvalue weighted by atomic mass is 9.92. The average Bonchev–Trinajstić information content (AvgIpc) is 3.02. The van der Waals surface area contributed by atoms with Crippen molar-refractivity contribution in [1.29, 1.82) is 0 Å². The topological polar surface area (TPSA) is 81.0 Å². The van der Waals surface area contributed by atoms with Crippen LogP contribution in [0, 0.1) is 20.8 Å². The summed E-state index contributed by atoms with van der Waals surface area (Å²) in [6.07, 6.45) is 8.09. The van der Waals surface area contributed by atoms with Crippen molar-refractivity contribution in [2.24, 2.45) is 5.16 Å². The van der Waals surface area contributed by atoms with E-state index in [4.69, 9.17) is 9.72 Å². The molecule has 4 rings (SSSR count). The lowest BCUT2D eigenvalue weighted by molar-refractivity contribution is -0.140. The highest BCUT2D eigenvalue weighted by molar-refractivity contribution is 6.02. The second kappa shape index (κ2) is 9.72. The zero-order valence-corrected chi connectivity index (χ0v) is 19.2. The SMILES string of the molecule is Cc1cc(OCC2=NOC(=O)C2)c(C)c(C)c1Cc1ccc(O)c(C2CCCCCC2)n1. The van der Waals surface area contributed by atoms with Gasteiger partial charge in [-0.25, -0.2) is 4.79 Å². The molecule has 6 heteroatoms. The summed E-state index contributed by atoms with van der Waals surface area (Å²) < 4.78 is 5.95. The summed E-state index contributed by atoms with van der Waals surface area (Å²) in [4.78, 5) is 20.8. The van der Waals surface area contributed by atoms with Gasteiger partial charge in [0.1, 0.15) is 23.8 Å². The smallest absolute Gasteiger partial charge is 0.340 e. The quantitative estimate of drug-likeness (QED) is 0.483. The van der Waals surface area contributed by atoms with Crippen LogP contribution in [0.4, 0.5) is 0 Å². The van der Waals surface area contributed by atoms with E-state index in [9.17, 15) is 9.90 Å². The molecule has 2 aromatic rings. The molecule has 0 spiro atoms. The molecule has 1 aromatic heterocycles. The molecule has 0 unspecified atom stereocenters. The number of carbonyl (C=O) groups excluding carboxylic acids is 1. The molecule has 1 aliphatic carbocycles. The predicted molar refractivity (Wildman–Crippen MR) is 123 cm³/mol. The second-order valence-electron chi connectivity index (χ2n) is 9.08. The Morgan fingerprint density at radius 1 is 1.09 bits per heavy atom. The second-order valence-corrected chi connectivity index (χ2v) is 9.08. The predicted octanol–water partition coefficient (Wildman–Crippen LogP) is 5.42. The number of nitrogens with zero attached hydrogens (tertiary/aromatic N) is 2. The number of oxime groups is 1. The molecule has 2 heterocycles. The van der Waals surface area contributed by atoms with Gasteiger partial charge in [0, 0.05) is 18.0 Å². The zero-order valence-electron chi connectivity index (χ0n) is 19.2. The minimum atomic E-state index is -0.340. The van der Waals surface area contributed by atoms with Crippen LogP contribution in [-0.2, 0) is 16.1 Å². The molecule has 0 saturated heterocycles. The van der Waals surface area contributed by atoms with E-state index >= 15 is 0 Å². The Kier molecular flexibility index (Phi) is 6.77. The Morgan fingerprint density at radius 3 is 2.53 bits per heavy atom. The summed E-state index contributed by atoms with van der Waals surface area (Å²) >= 11 is 0. The molecule has 1 aliphatic heterocycles. The van der Waals surface area contributed by atoms with Crippen molar-refractivity contribution in [3.63, 3.8) is 0 Å². The molecule has 170 valence electrons. The first-order chi connectivity index (χ1) is 15.4. The minimum Gasteiger partial charge on any atom is -0.506 e. The molecular weight excluding hydrogens is 404 g/mol. The van der Waals surface area contributed by atoms with Crippen LogP contribution in [0.2, 0.25) is 0 Å². The van der Waals surface area contributed by atoms with E-state index in [0.29, 0.717) is 23.8 Å². The van der Waals surface area contributed by atoms with E-state index < -0.39 is 0 Å². The van der Waals surface area contributed by atoms with E-state index in [0.717, 1.165) is 41.1 Å². The molecule has 1 fully saturated rings. The van der Waals surface area contributed by atoms with Crippen molar-refractivity contribution in [2.45, 2.75) is 78.1 Å². The maximum atomic E-state index is 11.2. The van der Waals surface area contributed by atoms with Crippen LogP contribution in [0.1, 0.15) is 84.5 Å². The molecule has 1 saturated carbocycles. The number of pyridine rings is 1. The highest BCUT2D eigenvalue weighted by Gasteiger charge is 2.21. The van der Waals surface area contributed by atoms with Gasteiger partial charge in [-0.1, -0.05) is 30.8 Å². The highest BCUT2D eigenvalue weighted by atomic mass is 16.7. The summed E-state index contributed by atoms with van der Waals surface area (Å²) in [7, 11) is 0. The minimum absolute atomic E-state index is 0.185. The fraction of sp³-hybridized carbons (Fsp3) is 0.500. The standard InChI is InChI=1S/C26H32N2O4/c1-16-12-24(31-15-21-14-25(30)32-28-21)18(3)17(2)22(16)13-20-10-11-23(29)26(27-20)19-8-6-4-5-7-9-19/h10-12,19,29H,4-9,13-15H2,1-3H3. The fourth-order valence-corrected chi connectivity index (χ4v) is 4.75. The summed E-state index contributed by atoms with van der Waals surface area (Å²) in [5, 5.41) is 14.2. The molecular formula is C26H32N2O4. The number of hydrogen-bond donors (Lipinski definition) is 1. The van der Waals surface area contributed by atoms with Gasteiger partial charge >= 0.3 is 5.97 Å². The average molecular weight is 437 g/mol. The van der Waals surface area contributed by atoms with E-state index in [1.165, 1.54) is 36.8 Å². The summed E-state index contributed by atoms with van der Waals surface area (Å²) in [5.41, 5.74) is 7.06. The van der Waals surface area contributed by atoms with Gasteiger partial charge in [-0.2, -0.15) is 0 Å². The van der Waals surface area contributed by atoms with Crippen LogP contribution in [0.5, 0.6) is 11.5 Å². The monoisotopic (exact) mass is 436 g/mol. The molecule has 0 bridgehead atoms. The lowest BCUT2D eigenvalue weighted by Gasteiger charge is -2.19. The number of carbonyl (C=O) groups is 1. The molecule has 1 aromatic carbocycles. The van der Waals surface area contributed by atoms with Crippen LogP contribution in [0.25, 0.3) is 0 Å². The van der Waals surface area contributed by atoms with Gasteiger partial charge in [0.15, 0.2) is 0 Å². The number of aryl methyl sites for hydroxylation is 1. The number of benzene rings is 1. The van der Waals surface area contributed by atoms with Gasteiger partial charge in [-0.05, 0) is 74.1 Å². The van der Waals surface area contributed by atoms with Crippen LogP contribution < -0.4 is 4.74 Å². The summed E-state index contributed by atoms with van der Waals surface area (Å²) in [6.45, 7) is 6.49. The first-order valence-corrected chi connectivity index (χ1v) is 11.6. The summed E-state index contributed by atoms with van der Waals surface area (Å²) in [6, 6.07) is 5.79. The van der Waals surface area contributed by atoms with E-state index in [2.05, 4.69) is 23.8 Å². The summed E-state index contributed by atoms with van der Waals surface area (Å²) in [5.74, 6) is 1.13. The Labute approximate surface area is 189 Å². The Bertz CT molecular complexity index is 1040. The number of hydrogen-bond acceptors (Lipinski definition) is 6. The third-order valence-electron chi connectivity index (χ3n) is 6.79. The van der Waals surface area contributed by atoms with Crippen molar-refractivity contribution in [3.05, 3.63) is 51.8 Å². The number of ether oxygens (including phenoxy) is 1. The fourth-order valence-electron chi connectivity index (χ4n) is 4.75. The van der Waals surface area contributed by atoms with Gasteiger partial charge in [0.05, 0.1) is 12.1 Å². The van der Waals surface area contributed by atoms with Crippen LogP contribution in [0.15, 0.2) is 23.4 Å². The first-order valence-electron chi connectivity index (χ1n) is 11.6. The maximum absolute atomic E-state index is 11.2. The molecule has 1 N–H and O–H groups in total. The van der Waals surface area contributed by atoms with E-state index in [1.807, 2.05) is 25.1 Å². The first kappa shape index (κ1) is 22.3. The zero-order chi connectivity index (χ0) is 22.7. The Balaban J connectivity index is 1.53. The largest absolute Gasteiger partial charge is 0.506 e. The normalized spacial score (nSPS) is 17.1. The third kappa shape index (κ3) is 4.95. The molecule has 0 amide bonds. The molecule has 2 aliphatic rings. The Morgan fingerprint density at radius 2 is 1.84 bits per heavy atom. The van der Waals surface area contributed by atoms with Crippen molar-refractivity contribution in [3.8, 4) is 11.5 Å². The van der Waals surface area contributed by atoms with Gasteiger partial charge in [0.25, 0.3) is 0 Å². The molecule has 0 radical (unpaired) electrons. The van der Waals surface area contributed by atoms with E-state index in [1.54, 1.807) is 0 Å². The molecule has 6 nitrogen and oxygen atoms in total. The molecule has 32 heavy (non-hydrogen) atoms. The number of aromatic hydroxyl groups is 1. The number of rotatable bonds is 6. The lowest BCUT2D eigenvalue weighted by Crippen LogP contribution is -2.12. The van der Waals surface area contributed by atoms with Crippen molar-refractivity contribution >= 4 is 11.7 Å². The highest BCUT2D eigenvalue weighted by Crippen LogP contribution is 2.36. The van der Waals surface area contributed by atoms with Gasteiger partial charge in [-0.3, -0.25) is 4.98 Å². The van der Waals surface area contributed by atoms with Gasteiger partial charge in [0.2, 0.25) is 0 Å². The van der Waals surface area contributed by atoms with Crippen LogP contribution in [-0.4, -0.2) is 28.4 Å². The molecule has 0 atom stereocenters. The Hall–Kier alpha value is -2.89. The third-order valence-corrected chi connectivity index (χ3v) is 6.79. The van der Waals surface area contributed by atoms with Crippen molar-refractivity contribution in [1.82, 2.24) is 4.98 Å². The van der Waals surface area contributed by atoms with Crippen LogP contribution in [0.3, 0.4) is 0 Å². The van der Waals surface area contributed by atoms with Gasteiger partial charge < -0.3 is 14.7 Å². The maximum Gasteiger partial charge on any atom is 0.340 e. The van der Waals surface area contributed by atoms with Gasteiger partial charge in [-0.15, -0.1) is 0 Å². The van der Waals surface area contributed by atoms with Crippen LogP contribution >= 0.6 is 0 Å². The van der Waals surface area contributed by atoms with Crippen molar-refractivity contribution < 1.29 is 19.5 Å². The van der Waals surface area contributed by atoms with E-state index in [-0.39, 0.29) is 19.0 Å². The number of aromatic nitrogens is 1. The van der Waals surface area contributed by atoms with Crippen molar-refractivity contribution in [2.75, 3.05) is 6.61 Å².